The van der Waals surface area contributed by atoms with Crippen LogP contribution in [0.2, 0.25) is 10.0 Å². The zero-order valence-corrected chi connectivity index (χ0v) is 24.1. The van der Waals surface area contributed by atoms with Crippen LogP contribution in [-0.4, -0.2) is 35.6 Å². The average Bonchev–Trinajstić information content (AvgIpc) is 3.11. The number of nitrogens with one attached hydrogen (secondary N) is 1. The van der Waals surface area contributed by atoms with Gasteiger partial charge in [0, 0.05) is 21.3 Å². The van der Waals surface area contributed by atoms with Crippen LogP contribution >= 0.6 is 57.6 Å². The van der Waals surface area contributed by atoms with E-state index in [1.807, 2.05) is 0 Å². The van der Waals surface area contributed by atoms with E-state index in [0.717, 1.165) is 28.3 Å². The summed E-state index contributed by atoms with van der Waals surface area (Å²) in [6.45, 7) is -0.322. The zero-order chi connectivity index (χ0) is 27.4. The fourth-order valence-electron chi connectivity index (χ4n) is 3.45. The highest BCUT2D eigenvalue weighted by molar-refractivity contribution is 14.1. The number of amides is 3. The first-order valence-corrected chi connectivity index (χ1v) is 13.5. The molecule has 0 aromatic heterocycles. The van der Waals surface area contributed by atoms with Crippen molar-refractivity contribution in [1.82, 2.24) is 4.90 Å². The third-order valence-corrected chi connectivity index (χ3v) is 7.52. The number of halogens is 4. The van der Waals surface area contributed by atoms with Crippen molar-refractivity contribution in [3.63, 3.8) is 0 Å². The van der Waals surface area contributed by atoms with Crippen molar-refractivity contribution in [2.75, 3.05) is 19.0 Å². The van der Waals surface area contributed by atoms with E-state index in [-0.39, 0.29) is 17.2 Å². The highest BCUT2D eigenvalue weighted by atomic mass is 127. The topological polar surface area (TPSA) is 84.9 Å². The van der Waals surface area contributed by atoms with Crippen molar-refractivity contribution in [3.8, 4) is 11.5 Å². The Kier molecular flexibility index (Phi) is 9.19. The van der Waals surface area contributed by atoms with Crippen LogP contribution in [0.3, 0.4) is 0 Å². The summed E-state index contributed by atoms with van der Waals surface area (Å²) < 4.78 is 25.5. The maximum atomic E-state index is 13.4. The van der Waals surface area contributed by atoms with Gasteiger partial charge in [0.15, 0.2) is 11.5 Å². The van der Waals surface area contributed by atoms with Crippen LogP contribution < -0.4 is 14.8 Å². The Hall–Kier alpha value is -2.80. The Labute approximate surface area is 245 Å². The van der Waals surface area contributed by atoms with Crippen LogP contribution in [0.5, 0.6) is 11.5 Å². The Bertz CT molecular complexity index is 1470. The molecule has 0 saturated carbocycles. The number of nitrogens with zero attached hydrogens (tertiary/aromatic N) is 1. The van der Waals surface area contributed by atoms with Gasteiger partial charge < -0.3 is 14.8 Å². The Morgan fingerprint density at radius 1 is 1.16 bits per heavy atom. The molecule has 1 heterocycles. The summed E-state index contributed by atoms with van der Waals surface area (Å²) in [5.74, 6) is -0.855. The van der Waals surface area contributed by atoms with Gasteiger partial charge in [-0.3, -0.25) is 19.3 Å². The van der Waals surface area contributed by atoms with Crippen LogP contribution in [0.1, 0.15) is 11.1 Å². The molecular formula is C26H18Cl2FIN2O5S. The monoisotopic (exact) mass is 686 g/mol. The largest absolute Gasteiger partial charge is 0.493 e. The van der Waals surface area contributed by atoms with Gasteiger partial charge in [-0.2, -0.15) is 0 Å². The van der Waals surface area contributed by atoms with Crippen molar-refractivity contribution in [2.24, 2.45) is 0 Å². The number of anilines is 1. The molecule has 7 nitrogen and oxygen atoms in total. The van der Waals surface area contributed by atoms with Crippen LogP contribution in [-0.2, 0) is 16.2 Å². The molecule has 3 amide bonds. The number of hydrogen-bond acceptors (Lipinski definition) is 6. The predicted molar refractivity (Wildman–Crippen MR) is 154 cm³/mol. The Morgan fingerprint density at radius 2 is 1.95 bits per heavy atom. The second kappa shape index (κ2) is 12.4. The van der Waals surface area contributed by atoms with Gasteiger partial charge >= 0.3 is 0 Å². The van der Waals surface area contributed by atoms with E-state index in [2.05, 4.69) is 27.9 Å². The minimum Gasteiger partial charge on any atom is -0.493 e. The fraction of sp³-hybridized carbons (Fsp3) is 0.115. The molecule has 38 heavy (non-hydrogen) atoms. The first kappa shape index (κ1) is 28.2. The number of carbonyl (C=O) groups excluding carboxylic acids is 3. The van der Waals surface area contributed by atoms with Gasteiger partial charge in [-0.25, -0.2) is 4.39 Å². The lowest BCUT2D eigenvalue weighted by molar-refractivity contribution is -0.127. The number of thioether (sulfide) groups is 1. The summed E-state index contributed by atoms with van der Waals surface area (Å²) in [6.07, 6.45) is 1.54. The average molecular weight is 687 g/mol. The van der Waals surface area contributed by atoms with Gasteiger partial charge in [0.2, 0.25) is 5.91 Å². The van der Waals surface area contributed by atoms with Gasteiger partial charge in [0.25, 0.3) is 11.1 Å². The third-order valence-electron chi connectivity index (χ3n) is 5.22. The molecule has 1 N–H and O–H groups in total. The first-order valence-electron chi connectivity index (χ1n) is 10.9. The van der Waals surface area contributed by atoms with Gasteiger partial charge in [-0.1, -0.05) is 35.3 Å². The van der Waals surface area contributed by atoms with Crippen molar-refractivity contribution < 1.29 is 28.2 Å². The van der Waals surface area contributed by atoms with E-state index in [0.29, 0.717) is 30.7 Å². The van der Waals surface area contributed by atoms with Crippen molar-refractivity contribution in [3.05, 3.63) is 90.1 Å². The first-order chi connectivity index (χ1) is 18.1. The third kappa shape index (κ3) is 6.79. The molecule has 0 spiro atoms. The van der Waals surface area contributed by atoms with Crippen molar-refractivity contribution in [1.29, 1.82) is 0 Å². The standard InChI is InChI=1S/C26H18Cl2FIN2O5S/c1-36-21-8-14(7-20(30)24(21)37-13-15-5-6-16(27)10-19(15)28)9-22-25(34)32(26(35)38-22)12-23(33)31-18-4-2-3-17(29)11-18/h2-11H,12-13H2,1H3,(H,31,33)/b22-9+. The van der Waals surface area contributed by atoms with E-state index in [1.54, 1.807) is 36.4 Å². The highest BCUT2D eigenvalue weighted by Crippen LogP contribution is 2.38. The van der Waals surface area contributed by atoms with E-state index >= 15 is 0 Å². The summed E-state index contributed by atoms with van der Waals surface area (Å²) in [5.41, 5.74) is 1.56. The molecular weight excluding hydrogens is 669 g/mol. The SMILES string of the molecule is COc1cc(/C=C2/SC(=O)N(CC(=O)Nc3cccc(F)c3)C2=O)cc(I)c1OCc1ccc(Cl)cc1Cl. The molecule has 4 rings (SSSR count). The molecule has 1 saturated heterocycles. The number of ether oxygens (including phenoxy) is 2. The molecule has 1 aliphatic rings. The van der Waals surface area contributed by atoms with Crippen LogP contribution in [0.25, 0.3) is 6.08 Å². The van der Waals surface area contributed by atoms with E-state index < -0.39 is 29.4 Å². The summed E-state index contributed by atoms with van der Waals surface area (Å²) in [7, 11) is 1.49. The normalized spacial score (nSPS) is 14.2. The number of imide groups is 1. The Morgan fingerprint density at radius 3 is 2.66 bits per heavy atom. The lowest BCUT2D eigenvalue weighted by Crippen LogP contribution is -2.36. The molecule has 1 aliphatic heterocycles. The minimum absolute atomic E-state index is 0.146. The lowest BCUT2D eigenvalue weighted by Gasteiger charge is -2.14. The summed E-state index contributed by atoms with van der Waals surface area (Å²) >= 11 is 15.0. The van der Waals surface area contributed by atoms with Crippen LogP contribution in [0, 0.1) is 9.39 Å². The fourth-order valence-corrected chi connectivity index (χ4v) is 5.53. The molecule has 12 heteroatoms. The molecule has 0 radical (unpaired) electrons. The molecule has 0 unspecified atom stereocenters. The molecule has 3 aromatic carbocycles. The molecule has 0 bridgehead atoms. The quantitative estimate of drug-likeness (QED) is 0.203. The maximum Gasteiger partial charge on any atom is 0.294 e. The smallest absolute Gasteiger partial charge is 0.294 e. The second-order valence-electron chi connectivity index (χ2n) is 7.88. The van der Waals surface area contributed by atoms with Gasteiger partial charge in [-0.15, -0.1) is 0 Å². The van der Waals surface area contributed by atoms with Gasteiger partial charge in [0.05, 0.1) is 15.6 Å². The van der Waals surface area contributed by atoms with Gasteiger partial charge in [0.1, 0.15) is 19.0 Å². The number of benzene rings is 3. The number of methoxy groups -OCH3 is 1. The van der Waals surface area contributed by atoms with E-state index in [4.69, 9.17) is 32.7 Å². The maximum absolute atomic E-state index is 13.4. The zero-order valence-electron chi connectivity index (χ0n) is 19.6. The van der Waals surface area contributed by atoms with Crippen molar-refractivity contribution in [2.45, 2.75) is 6.61 Å². The highest BCUT2D eigenvalue weighted by Gasteiger charge is 2.36. The number of carbonyl (C=O) groups is 3. The molecule has 0 atom stereocenters. The Balaban J connectivity index is 1.47. The van der Waals surface area contributed by atoms with Crippen LogP contribution in [0.15, 0.2) is 59.5 Å². The predicted octanol–water partition coefficient (Wildman–Crippen LogP) is 7.00. The van der Waals surface area contributed by atoms with Gasteiger partial charge in [-0.05, 0) is 88.5 Å². The summed E-state index contributed by atoms with van der Waals surface area (Å²) in [5, 5.41) is 2.88. The number of rotatable bonds is 8. The van der Waals surface area contributed by atoms with Crippen LogP contribution in [0.4, 0.5) is 14.9 Å². The molecule has 1 fully saturated rings. The number of hydrogen-bond donors (Lipinski definition) is 1. The van der Waals surface area contributed by atoms with E-state index in [1.165, 1.54) is 25.3 Å². The lowest BCUT2D eigenvalue weighted by atomic mass is 10.1. The molecule has 0 aliphatic carbocycles. The minimum atomic E-state index is -0.627. The van der Waals surface area contributed by atoms with E-state index in [9.17, 15) is 18.8 Å². The molecule has 3 aromatic rings. The summed E-state index contributed by atoms with van der Waals surface area (Å²) in [6, 6.07) is 13.9. The van der Waals surface area contributed by atoms with Crippen molar-refractivity contribution >= 4 is 86.4 Å². The molecule has 196 valence electrons. The summed E-state index contributed by atoms with van der Waals surface area (Å²) in [4.78, 5) is 38.7. The second-order valence-corrected chi connectivity index (χ2v) is 10.9.